The van der Waals surface area contributed by atoms with E-state index in [0.29, 0.717) is 11.6 Å². The average Bonchev–Trinajstić information content (AvgIpc) is 2.41. The number of rotatable bonds is 4. The number of hydrogen-bond acceptors (Lipinski definition) is 3. The minimum atomic E-state index is -0.958. The van der Waals surface area contributed by atoms with Gasteiger partial charge in [-0.2, -0.15) is 0 Å². The molecule has 0 saturated carbocycles. The standard InChI is InChI=1S/C15H14ClNO3/c1-9-2-4-11(15(19)20)7-13(9)17-8-10-3-5-14(18)12(16)6-10/h2-7,17-18H,8H2,1H3,(H,19,20). The van der Waals surface area contributed by atoms with E-state index in [1.54, 1.807) is 30.3 Å². The number of carbonyl (C=O) groups is 1. The molecule has 2 aromatic carbocycles. The molecule has 5 heteroatoms. The Kier molecular flexibility index (Phi) is 4.15. The van der Waals surface area contributed by atoms with Crippen LogP contribution in [0.15, 0.2) is 36.4 Å². The zero-order valence-electron chi connectivity index (χ0n) is 10.9. The van der Waals surface area contributed by atoms with Gasteiger partial charge in [0.2, 0.25) is 0 Å². The van der Waals surface area contributed by atoms with Crippen LogP contribution in [0.1, 0.15) is 21.5 Å². The van der Waals surface area contributed by atoms with Crippen LogP contribution in [0.5, 0.6) is 5.75 Å². The summed E-state index contributed by atoms with van der Waals surface area (Å²) in [6.07, 6.45) is 0. The van der Waals surface area contributed by atoms with E-state index < -0.39 is 5.97 Å². The van der Waals surface area contributed by atoms with Crippen LogP contribution in [0.2, 0.25) is 5.02 Å². The van der Waals surface area contributed by atoms with Crippen molar-refractivity contribution in [2.45, 2.75) is 13.5 Å². The minimum Gasteiger partial charge on any atom is -0.506 e. The summed E-state index contributed by atoms with van der Waals surface area (Å²) in [5, 5.41) is 21.8. The van der Waals surface area contributed by atoms with E-state index in [9.17, 15) is 9.90 Å². The van der Waals surface area contributed by atoms with Crippen molar-refractivity contribution >= 4 is 23.3 Å². The van der Waals surface area contributed by atoms with Gasteiger partial charge in [-0.3, -0.25) is 0 Å². The van der Waals surface area contributed by atoms with Crippen molar-refractivity contribution in [3.8, 4) is 5.75 Å². The van der Waals surface area contributed by atoms with Crippen molar-refractivity contribution in [2.24, 2.45) is 0 Å². The molecule has 0 heterocycles. The first-order valence-corrected chi connectivity index (χ1v) is 6.40. The number of aromatic hydroxyl groups is 1. The Morgan fingerprint density at radius 2 is 2.00 bits per heavy atom. The molecule has 3 N–H and O–H groups in total. The number of benzene rings is 2. The topological polar surface area (TPSA) is 69.6 Å². The van der Waals surface area contributed by atoms with E-state index >= 15 is 0 Å². The summed E-state index contributed by atoms with van der Waals surface area (Å²) in [6, 6.07) is 9.88. The third-order valence-corrected chi connectivity index (χ3v) is 3.28. The van der Waals surface area contributed by atoms with Crippen LogP contribution < -0.4 is 5.32 Å². The van der Waals surface area contributed by atoms with E-state index in [1.807, 2.05) is 6.92 Å². The Bertz CT molecular complexity index is 656. The van der Waals surface area contributed by atoms with Crippen LogP contribution >= 0.6 is 11.6 Å². The summed E-state index contributed by atoms with van der Waals surface area (Å²) < 4.78 is 0. The molecular weight excluding hydrogens is 278 g/mol. The number of halogens is 1. The maximum absolute atomic E-state index is 10.9. The molecule has 0 atom stereocenters. The van der Waals surface area contributed by atoms with Crippen molar-refractivity contribution in [1.29, 1.82) is 0 Å². The van der Waals surface area contributed by atoms with Crippen LogP contribution in [0.3, 0.4) is 0 Å². The lowest BCUT2D eigenvalue weighted by Crippen LogP contribution is -2.03. The summed E-state index contributed by atoms with van der Waals surface area (Å²) in [6.45, 7) is 2.39. The molecule has 0 aliphatic rings. The Balaban J connectivity index is 2.15. The van der Waals surface area contributed by atoms with Gasteiger partial charge in [-0.25, -0.2) is 4.79 Å². The fraction of sp³-hybridized carbons (Fsp3) is 0.133. The lowest BCUT2D eigenvalue weighted by Gasteiger charge is -2.11. The number of phenols is 1. The molecule has 0 saturated heterocycles. The molecule has 0 aliphatic heterocycles. The number of phenolic OH excluding ortho intramolecular Hbond substituents is 1. The van der Waals surface area contributed by atoms with Crippen molar-refractivity contribution < 1.29 is 15.0 Å². The van der Waals surface area contributed by atoms with Gasteiger partial charge in [-0.1, -0.05) is 23.7 Å². The van der Waals surface area contributed by atoms with Gasteiger partial charge in [0, 0.05) is 12.2 Å². The maximum atomic E-state index is 10.9. The fourth-order valence-electron chi connectivity index (χ4n) is 1.80. The Hall–Kier alpha value is -2.20. The molecule has 0 unspecified atom stereocenters. The normalized spacial score (nSPS) is 10.3. The average molecular weight is 292 g/mol. The second-order valence-electron chi connectivity index (χ2n) is 4.47. The predicted octanol–water partition coefficient (Wildman–Crippen LogP) is 3.66. The number of aromatic carboxylic acids is 1. The highest BCUT2D eigenvalue weighted by molar-refractivity contribution is 6.32. The number of aryl methyl sites for hydroxylation is 1. The number of anilines is 1. The summed E-state index contributed by atoms with van der Waals surface area (Å²) in [4.78, 5) is 10.9. The fourth-order valence-corrected chi connectivity index (χ4v) is 2.01. The van der Waals surface area contributed by atoms with Gasteiger partial charge >= 0.3 is 5.97 Å². The van der Waals surface area contributed by atoms with E-state index in [4.69, 9.17) is 16.7 Å². The SMILES string of the molecule is Cc1ccc(C(=O)O)cc1NCc1ccc(O)c(Cl)c1. The first-order chi connectivity index (χ1) is 9.47. The quantitative estimate of drug-likeness (QED) is 0.804. The monoisotopic (exact) mass is 291 g/mol. The molecule has 104 valence electrons. The first kappa shape index (κ1) is 14.2. The van der Waals surface area contributed by atoms with Gasteiger partial charge in [-0.05, 0) is 42.3 Å². The van der Waals surface area contributed by atoms with Gasteiger partial charge in [0.1, 0.15) is 5.75 Å². The first-order valence-electron chi connectivity index (χ1n) is 6.02. The highest BCUT2D eigenvalue weighted by Gasteiger charge is 2.06. The molecule has 0 radical (unpaired) electrons. The Labute approximate surface area is 121 Å². The predicted molar refractivity (Wildman–Crippen MR) is 78.6 cm³/mol. The Morgan fingerprint density at radius 1 is 1.25 bits per heavy atom. The summed E-state index contributed by atoms with van der Waals surface area (Å²) in [7, 11) is 0. The highest BCUT2D eigenvalue weighted by Crippen LogP contribution is 2.24. The van der Waals surface area contributed by atoms with Crippen molar-refractivity contribution in [2.75, 3.05) is 5.32 Å². The van der Waals surface area contributed by atoms with Crippen LogP contribution in [-0.2, 0) is 6.54 Å². The number of carboxylic acid groups (broad SMARTS) is 1. The zero-order valence-corrected chi connectivity index (χ0v) is 11.6. The molecule has 2 rings (SSSR count). The molecule has 0 spiro atoms. The summed E-state index contributed by atoms with van der Waals surface area (Å²) >= 11 is 5.84. The van der Waals surface area contributed by atoms with E-state index in [2.05, 4.69) is 5.32 Å². The van der Waals surface area contributed by atoms with Crippen LogP contribution in [0, 0.1) is 6.92 Å². The second-order valence-corrected chi connectivity index (χ2v) is 4.88. The van der Waals surface area contributed by atoms with Gasteiger partial charge < -0.3 is 15.5 Å². The van der Waals surface area contributed by atoms with Gasteiger partial charge in [-0.15, -0.1) is 0 Å². The van der Waals surface area contributed by atoms with Gasteiger partial charge in [0.15, 0.2) is 0 Å². The largest absolute Gasteiger partial charge is 0.506 e. The van der Waals surface area contributed by atoms with E-state index in [-0.39, 0.29) is 11.3 Å². The maximum Gasteiger partial charge on any atom is 0.335 e. The molecule has 0 bridgehead atoms. The third-order valence-electron chi connectivity index (χ3n) is 2.98. The second kappa shape index (κ2) is 5.84. The molecule has 0 aromatic heterocycles. The molecule has 0 fully saturated rings. The molecule has 2 aromatic rings. The van der Waals surface area contributed by atoms with Gasteiger partial charge in [0.25, 0.3) is 0 Å². The lowest BCUT2D eigenvalue weighted by atomic mass is 10.1. The minimum absolute atomic E-state index is 0.0412. The van der Waals surface area contributed by atoms with Crippen molar-refractivity contribution in [1.82, 2.24) is 0 Å². The number of hydrogen-bond donors (Lipinski definition) is 3. The molecular formula is C15H14ClNO3. The third kappa shape index (κ3) is 3.22. The van der Waals surface area contributed by atoms with E-state index in [0.717, 1.165) is 16.8 Å². The Morgan fingerprint density at radius 3 is 2.65 bits per heavy atom. The zero-order chi connectivity index (χ0) is 14.7. The number of carboxylic acids is 1. The van der Waals surface area contributed by atoms with Crippen LogP contribution in [0.4, 0.5) is 5.69 Å². The molecule has 0 aliphatic carbocycles. The van der Waals surface area contributed by atoms with Crippen LogP contribution in [-0.4, -0.2) is 16.2 Å². The summed E-state index contributed by atoms with van der Waals surface area (Å²) in [5.74, 6) is -0.916. The smallest absolute Gasteiger partial charge is 0.335 e. The number of nitrogens with one attached hydrogen (secondary N) is 1. The van der Waals surface area contributed by atoms with Crippen molar-refractivity contribution in [3.63, 3.8) is 0 Å². The molecule has 4 nitrogen and oxygen atoms in total. The molecule has 0 amide bonds. The van der Waals surface area contributed by atoms with Crippen LogP contribution in [0.25, 0.3) is 0 Å². The van der Waals surface area contributed by atoms with Crippen molar-refractivity contribution in [3.05, 3.63) is 58.1 Å². The summed E-state index contributed by atoms with van der Waals surface area (Å²) in [5.41, 5.74) is 2.85. The highest BCUT2D eigenvalue weighted by atomic mass is 35.5. The molecule has 20 heavy (non-hydrogen) atoms. The lowest BCUT2D eigenvalue weighted by molar-refractivity contribution is 0.0697. The van der Waals surface area contributed by atoms with E-state index in [1.165, 1.54) is 6.07 Å². The van der Waals surface area contributed by atoms with Gasteiger partial charge in [0.05, 0.1) is 10.6 Å².